The smallest absolute Gasteiger partial charge is 0.145 e. The largest absolute Gasteiger partial charge is 0.394 e. The van der Waals surface area contributed by atoms with Crippen molar-refractivity contribution >= 4 is 11.6 Å². The Morgan fingerprint density at radius 2 is 1.94 bits per heavy atom. The number of nitrogens with zero attached hydrogens (tertiary/aromatic N) is 2. The predicted octanol–water partition coefficient (Wildman–Crippen LogP) is -0.205. The van der Waals surface area contributed by atoms with Gasteiger partial charge in [-0.3, -0.25) is 0 Å². The van der Waals surface area contributed by atoms with Crippen LogP contribution in [0.25, 0.3) is 0 Å². The molecule has 1 saturated carbocycles. The van der Waals surface area contributed by atoms with E-state index in [4.69, 9.17) is 5.84 Å². The molecule has 0 saturated heterocycles. The average Bonchev–Trinajstić information content (AvgIpc) is 3.22. The van der Waals surface area contributed by atoms with Crippen molar-refractivity contribution in [2.75, 3.05) is 24.0 Å². The van der Waals surface area contributed by atoms with E-state index in [0.29, 0.717) is 17.6 Å². The third kappa shape index (κ3) is 2.87. The van der Waals surface area contributed by atoms with E-state index < -0.39 is 5.54 Å². The molecule has 1 aliphatic rings. The molecule has 7 heteroatoms. The topological polar surface area (TPSA) is 116 Å². The molecule has 0 radical (unpaired) electrons. The maximum absolute atomic E-state index is 9.26. The van der Waals surface area contributed by atoms with Crippen LogP contribution in [0.2, 0.25) is 0 Å². The number of aromatic nitrogens is 2. The van der Waals surface area contributed by atoms with Gasteiger partial charge in [-0.05, 0) is 19.8 Å². The number of rotatable bonds is 6. The fourth-order valence-electron chi connectivity index (χ4n) is 1.57. The van der Waals surface area contributed by atoms with Crippen LogP contribution in [0.3, 0.4) is 0 Å². The lowest BCUT2D eigenvalue weighted by Gasteiger charge is -2.27. The molecule has 18 heavy (non-hydrogen) atoms. The van der Waals surface area contributed by atoms with Gasteiger partial charge in [0.25, 0.3) is 0 Å². The van der Waals surface area contributed by atoms with E-state index in [9.17, 15) is 10.2 Å². The van der Waals surface area contributed by atoms with Gasteiger partial charge in [0.05, 0.1) is 18.8 Å². The van der Waals surface area contributed by atoms with Crippen LogP contribution in [0.15, 0.2) is 6.07 Å². The van der Waals surface area contributed by atoms with E-state index in [1.165, 1.54) is 0 Å². The van der Waals surface area contributed by atoms with E-state index in [-0.39, 0.29) is 13.2 Å². The lowest BCUT2D eigenvalue weighted by molar-refractivity contribution is 0.147. The zero-order chi connectivity index (χ0) is 13.2. The second kappa shape index (κ2) is 5.05. The Morgan fingerprint density at radius 1 is 1.33 bits per heavy atom. The molecule has 1 heterocycles. The molecule has 7 nitrogen and oxygen atoms in total. The molecule has 1 aromatic heterocycles. The molecule has 1 fully saturated rings. The molecular weight excluding hydrogens is 234 g/mol. The second-order valence-electron chi connectivity index (χ2n) is 4.92. The molecule has 0 aromatic carbocycles. The first-order chi connectivity index (χ1) is 8.60. The van der Waals surface area contributed by atoms with E-state index in [1.807, 2.05) is 0 Å². The van der Waals surface area contributed by atoms with Crippen molar-refractivity contribution < 1.29 is 10.2 Å². The molecule has 0 atom stereocenters. The Hall–Kier alpha value is -1.44. The van der Waals surface area contributed by atoms with Crippen molar-refractivity contribution in [3.05, 3.63) is 11.9 Å². The SMILES string of the molecule is CC(CO)(CO)Nc1cc(NN)nc(C2CC2)n1. The Bertz CT molecular complexity index is 418. The van der Waals surface area contributed by atoms with E-state index in [0.717, 1.165) is 18.7 Å². The standard InChI is InChI=1S/C11H19N5O2/c1-11(5-17,6-18)15-8-4-9(16-12)14-10(13-8)7-2-3-7/h4,7,17-18H,2-3,5-6,12H2,1H3,(H2,13,14,15,16). The van der Waals surface area contributed by atoms with Crippen LogP contribution < -0.4 is 16.6 Å². The van der Waals surface area contributed by atoms with Crippen LogP contribution in [-0.2, 0) is 0 Å². The Labute approximate surface area is 105 Å². The van der Waals surface area contributed by atoms with Gasteiger partial charge in [-0.15, -0.1) is 0 Å². The van der Waals surface area contributed by atoms with Crippen LogP contribution in [0.1, 0.15) is 31.5 Å². The minimum atomic E-state index is -0.818. The summed E-state index contributed by atoms with van der Waals surface area (Å²) < 4.78 is 0. The molecule has 1 aliphatic carbocycles. The summed E-state index contributed by atoms with van der Waals surface area (Å²) in [6.07, 6.45) is 2.18. The molecule has 100 valence electrons. The quantitative estimate of drug-likeness (QED) is 0.352. The van der Waals surface area contributed by atoms with Crippen LogP contribution in [0.5, 0.6) is 0 Å². The number of anilines is 2. The van der Waals surface area contributed by atoms with Crippen molar-refractivity contribution in [1.82, 2.24) is 9.97 Å². The number of hydrogen-bond donors (Lipinski definition) is 5. The minimum absolute atomic E-state index is 0.197. The first-order valence-corrected chi connectivity index (χ1v) is 5.96. The summed E-state index contributed by atoms with van der Waals surface area (Å²) in [5, 5.41) is 21.5. The molecule has 2 rings (SSSR count). The van der Waals surface area contributed by atoms with Gasteiger partial charge < -0.3 is 21.0 Å². The zero-order valence-corrected chi connectivity index (χ0v) is 10.3. The van der Waals surface area contributed by atoms with Crippen molar-refractivity contribution in [2.24, 2.45) is 5.84 Å². The first-order valence-electron chi connectivity index (χ1n) is 5.96. The second-order valence-corrected chi connectivity index (χ2v) is 4.92. The summed E-state index contributed by atoms with van der Waals surface area (Å²) in [5.41, 5.74) is 1.68. The maximum Gasteiger partial charge on any atom is 0.145 e. The van der Waals surface area contributed by atoms with Gasteiger partial charge >= 0.3 is 0 Å². The number of nitrogens with one attached hydrogen (secondary N) is 2. The molecule has 0 amide bonds. The molecule has 1 aromatic rings. The van der Waals surface area contributed by atoms with E-state index in [2.05, 4.69) is 20.7 Å². The van der Waals surface area contributed by atoms with Crippen molar-refractivity contribution in [3.8, 4) is 0 Å². The molecular formula is C11H19N5O2. The van der Waals surface area contributed by atoms with E-state index in [1.54, 1.807) is 13.0 Å². The normalized spacial score (nSPS) is 15.6. The van der Waals surface area contributed by atoms with Gasteiger partial charge in [0, 0.05) is 12.0 Å². The monoisotopic (exact) mass is 253 g/mol. The van der Waals surface area contributed by atoms with Gasteiger partial charge in [-0.2, -0.15) is 0 Å². The lowest BCUT2D eigenvalue weighted by atomic mass is 10.1. The molecule has 0 unspecified atom stereocenters. The summed E-state index contributed by atoms with van der Waals surface area (Å²) >= 11 is 0. The Morgan fingerprint density at radius 3 is 2.44 bits per heavy atom. The van der Waals surface area contributed by atoms with Crippen LogP contribution in [0, 0.1) is 0 Å². The Kier molecular flexibility index (Phi) is 3.65. The number of aliphatic hydroxyl groups excluding tert-OH is 2. The molecule has 0 spiro atoms. The van der Waals surface area contributed by atoms with Gasteiger partial charge in [-0.1, -0.05) is 0 Å². The fourth-order valence-corrected chi connectivity index (χ4v) is 1.57. The number of hydrazine groups is 1. The first kappa shape index (κ1) is 13.0. The predicted molar refractivity (Wildman–Crippen MR) is 68.0 cm³/mol. The summed E-state index contributed by atoms with van der Waals surface area (Å²) in [5.74, 6) is 7.58. The summed E-state index contributed by atoms with van der Waals surface area (Å²) in [6.45, 7) is 1.32. The highest BCUT2D eigenvalue weighted by atomic mass is 16.3. The van der Waals surface area contributed by atoms with E-state index >= 15 is 0 Å². The van der Waals surface area contributed by atoms with Crippen LogP contribution in [-0.4, -0.2) is 38.9 Å². The number of nitrogen functional groups attached to an aromatic ring is 1. The van der Waals surface area contributed by atoms with Gasteiger partial charge in [0.15, 0.2) is 0 Å². The van der Waals surface area contributed by atoms with Crippen LogP contribution >= 0.6 is 0 Å². The van der Waals surface area contributed by atoms with Crippen molar-refractivity contribution in [2.45, 2.75) is 31.2 Å². The maximum atomic E-state index is 9.26. The minimum Gasteiger partial charge on any atom is -0.394 e. The van der Waals surface area contributed by atoms with Gasteiger partial charge in [0.2, 0.25) is 0 Å². The van der Waals surface area contributed by atoms with Crippen molar-refractivity contribution in [3.63, 3.8) is 0 Å². The Balaban J connectivity index is 2.23. The zero-order valence-electron chi connectivity index (χ0n) is 10.3. The third-order valence-electron chi connectivity index (χ3n) is 2.96. The highest BCUT2D eigenvalue weighted by Gasteiger charge is 2.28. The third-order valence-corrected chi connectivity index (χ3v) is 2.96. The summed E-state index contributed by atoms with van der Waals surface area (Å²) in [7, 11) is 0. The highest BCUT2D eigenvalue weighted by Crippen LogP contribution is 2.38. The average molecular weight is 253 g/mol. The molecule has 0 aliphatic heterocycles. The summed E-state index contributed by atoms with van der Waals surface area (Å²) in [4.78, 5) is 8.67. The number of nitrogens with two attached hydrogens (primary N) is 1. The fraction of sp³-hybridized carbons (Fsp3) is 0.636. The van der Waals surface area contributed by atoms with Gasteiger partial charge in [-0.25, -0.2) is 15.8 Å². The number of aliphatic hydroxyl groups is 2. The molecule has 0 bridgehead atoms. The van der Waals surface area contributed by atoms with Crippen molar-refractivity contribution in [1.29, 1.82) is 0 Å². The molecule has 6 N–H and O–H groups in total. The lowest BCUT2D eigenvalue weighted by Crippen LogP contribution is -2.42. The number of hydrogen-bond acceptors (Lipinski definition) is 7. The summed E-state index contributed by atoms with van der Waals surface area (Å²) in [6, 6.07) is 1.65. The van der Waals surface area contributed by atoms with Gasteiger partial charge in [0.1, 0.15) is 17.5 Å². The van der Waals surface area contributed by atoms with Crippen LogP contribution in [0.4, 0.5) is 11.6 Å². The highest BCUT2D eigenvalue weighted by molar-refractivity contribution is 5.49.